The zero-order valence-electron chi connectivity index (χ0n) is 16.7. The van der Waals surface area contributed by atoms with Crippen molar-refractivity contribution in [2.45, 2.75) is 0 Å². The molecule has 0 spiro atoms. The Morgan fingerprint density at radius 1 is 1.03 bits per heavy atom. The zero-order chi connectivity index (χ0) is 21.9. The molecule has 0 aliphatic heterocycles. The maximum Gasteiger partial charge on any atom is 0.255 e. The van der Waals surface area contributed by atoms with Gasteiger partial charge in [0.05, 0.1) is 24.7 Å². The van der Waals surface area contributed by atoms with Crippen molar-refractivity contribution in [3.63, 3.8) is 0 Å². The smallest absolute Gasteiger partial charge is 0.255 e. The number of hydrogen-bond acceptors (Lipinski definition) is 4. The van der Waals surface area contributed by atoms with E-state index in [9.17, 15) is 17.6 Å². The van der Waals surface area contributed by atoms with E-state index in [1.807, 2.05) is 0 Å². The second-order valence-corrected chi connectivity index (χ2v) is 8.64. The summed E-state index contributed by atoms with van der Waals surface area (Å²) in [5, 5.41) is 2.74. The first-order valence-electron chi connectivity index (χ1n) is 8.99. The Hall–Kier alpha value is -3.39. The summed E-state index contributed by atoms with van der Waals surface area (Å²) < 4.78 is 44.5. The van der Waals surface area contributed by atoms with Gasteiger partial charge in [-0.2, -0.15) is 0 Å². The van der Waals surface area contributed by atoms with Crippen LogP contribution in [0, 0.1) is 5.82 Å². The van der Waals surface area contributed by atoms with E-state index >= 15 is 0 Å². The Bertz CT molecular complexity index is 1180. The maximum atomic E-state index is 14.2. The van der Waals surface area contributed by atoms with Gasteiger partial charge in [0.15, 0.2) is 0 Å². The molecular weight excluding hydrogens is 407 g/mol. The molecule has 156 valence electrons. The predicted molar refractivity (Wildman–Crippen MR) is 116 cm³/mol. The molecule has 0 aliphatic rings. The lowest BCUT2D eigenvalue weighted by Gasteiger charge is -2.21. The molecule has 0 radical (unpaired) electrons. The molecular formula is C22H21FN2O4S. The van der Waals surface area contributed by atoms with Crippen molar-refractivity contribution in [2.24, 2.45) is 0 Å². The van der Waals surface area contributed by atoms with Crippen molar-refractivity contribution >= 4 is 27.3 Å². The molecule has 0 aliphatic carbocycles. The van der Waals surface area contributed by atoms with E-state index in [4.69, 9.17) is 4.74 Å². The molecule has 0 saturated heterocycles. The number of nitrogens with zero attached hydrogens (tertiary/aromatic N) is 1. The van der Waals surface area contributed by atoms with Crippen LogP contribution in [-0.4, -0.2) is 34.7 Å². The highest BCUT2D eigenvalue weighted by molar-refractivity contribution is 7.92. The molecule has 0 unspecified atom stereocenters. The summed E-state index contributed by atoms with van der Waals surface area (Å²) in [6, 6.07) is 17.4. The van der Waals surface area contributed by atoms with Crippen molar-refractivity contribution in [1.82, 2.24) is 0 Å². The minimum absolute atomic E-state index is 0.240. The fourth-order valence-electron chi connectivity index (χ4n) is 2.89. The highest BCUT2D eigenvalue weighted by atomic mass is 32.2. The molecule has 0 saturated carbocycles. The van der Waals surface area contributed by atoms with Crippen LogP contribution in [0.25, 0.3) is 11.1 Å². The largest absolute Gasteiger partial charge is 0.497 e. The van der Waals surface area contributed by atoms with Crippen LogP contribution in [0.15, 0.2) is 66.7 Å². The molecule has 1 N–H and O–H groups in total. The van der Waals surface area contributed by atoms with Crippen molar-refractivity contribution in [1.29, 1.82) is 0 Å². The topological polar surface area (TPSA) is 75.7 Å². The number of methoxy groups -OCH3 is 1. The van der Waals surface area contributed by atoms with Gasteiger partial charge >= 0.3 is 0 Å². The Kier molecular flexibility index (Phi) is 6.07. The first-order chi connectivity index (χ1) is 14.2. The molecule has 0 fully saturated rings. The summed E-state index contributed by atoms with van der Waals surface area (Å²) in [7, 11) is -0.672. The average Bonchev–Trinajstić information content (AvgIpc) is 2.73. The van der Waals surface area contributed by atoms with Gasteiger partial charge in [-0.25, -0.2) is 12.8 Å². The normalized spacial score (nSPS) is 11.1. The molecule has 1 amide bonds. The Labute approximate surface area is 175 Å². The SMILES string of the molecule is COc1ccc(C(=O)Nc2cc(-c3ccccc3F)ccc2N(C)S(C)(=O)=O)cc1. The number of sulfonamides is 1. The lowest BCUT2D eigenvalue weighted by atomic mass is 10.0. The monoisotopic (exact) mass is 428 g/mol. The molecule has 0 aromatic heterocycles. The van der Waals surface area contributed by atoms with E-state index in [2.05, 4.69) is 5.32 Å². The molecule has 3 aromatic rings. The number of halogens is 1. The molecule has 0 heterocycles. The number of nitrogens with one attached hydrogen (secondary N) is 1. The summed E-state index contributed by atoms with van der Waals surface area (Å²) in [5.41, 5.74) is 1.71. The highest BCUT2D eigenvalue weighted by Crippen LogP contribution is 2.33. The summed E-state index contributed by atoms with van der Waals surface area (Å²) >= 11 is 0. The molecule has 8 heteroatoms. The lowest BCUT2D eigenvalue weighted by molar-refractivity contribution is 0.102. The van der Waals surface area contributed by atoms with Crippen LogP contribution >= 0.6 is 0 Å². The number of hydrogen-bond donors (Lipinski definition) is 1. The number of benzene rings is 3. The Morgan fingerprint density at radius 2 is 1.70 bits per heavy atom. The van der Waals surface area contributed by atoms with Crippen LogP contribution in [0.3, 0.4) is 0 Å². The quantitative estimate of drug-likeness (QED) is 0.640. The van der Waals surface area contributed by atoms with Crippen molar-refractivity contribution in [3.05, 3.63) is 78.1 Å². The highest BCUT2D eigenvalue weighted by Gasteiger charge is 2.19. The minimum atomic E-state index is -3.58. The van der Waals surface area contributed by atoms with Crippen LogP contribution in [0.2, 0.25) is 0 Å². The van der Waals surface area contributed by atoms with E-state index in [1.54, 1.807) is 54.6 Å². The summed E-state index contributed by atoms with van der Waals surface area (Å²) in [6.07, 6.45) is 1.06. The van der Waals surface area contributed by atoms with Crippen LogP contribution in [0.1, 0.15) is 10.4 Å². The first-order valence-corrected chi connectivity index (χ1v) is 10.8. The van der Waals surface area contributed by atoms with Gasteiger partial charge in [-0.05, 0) is 48.0 Å². The van der Waals surface area contributed by atoms with Crippen LogP contribution in [0.4, 0.5) is 15.8 Å². The number of ether oxygens (including phenoxy) is 1. The van der Waals surface area contributed by atoms with Gasteiger partial charge in [0.25, 0.3) is 5.91 Å². The lowest BCUT2D eigenvalue weighted by Crippen LogP contribution is -2.26. The fraction of sp³-hybridized carbons (Fsp3) is 0.136. The van der Waals surface area contributed by atoms with Crippen LogP contribution < -0.4 is 14.4 Å². The number of amides is 1. The second-order valence-electron chi connectivity index (χ2n) is 6.62. The molecule has 0 atom stereocenters. The fourth-order valence-corrected chi connectivity index (χ4v) is 3.41. The van der Waals surface area contributed by atoms with Gasteiger partial charge in [-0.15, -0.1) is 0 Å². The van der Waals surface area contributed by atoms with E-state index in [1.165, 1.54) is 26.3 Å². The standard InChI is InChI=1S/C22H21FN2O4S/c1-25(30(3,27)28)21-13-10-16(18-6-4-5-7-19(18)23)14-20(21)24-22(26)15-8-11-17(29-2)12-9-15/h4-14H,1-3H3,(H,24,26). The predicted octanol–water partition coefficient (Wildman–Crippen LogP) is 4.15. The third-order valence-corrected chi connectivity index (χ3v) is 5.81. The van der Waals surface area contributed by atoms with Gasteiger partial charge in [0.2, 0.25) is 10.0 Å². The molecule has 30 heavy (non-hydrogen) atoms. The van der Waals surface area contributed by atoms with Gasteiger partial charge in [-0.1, -0.05) is 24.3 Å². The molecule has 3 rings (SSSR count). The van der Waals surface area contributed by atoms with E-state index < -0.39 is 21.7 Å². The third kappa shape index (κ3) is 4.60. The van der Waals surface area contributed by atoms with E-state index in [-0.39, 0.29) is 11.4 Å². The minimum Gasteiger partial charge on any atom is -0.497 e. The Morgan fingerprint density at radius 3 is 2.30 bits per heavy atom. The summed E-state index contributed by atoms with van der Waals surface area (Å²) in [6.45, 7) is 0. The zero-order valence-corrected chi connectivity index (χ0v) is 17.5. The third-order valence-electron chi connectivity index (χ3n) is 4.62. The molecule has 0 bridgehead atoms. The second kappa shape index (κ2) is 8.54. The van der Waals surface area contributed by atoms with Gasteiger partial charge in [0, 0.05) is 18.2 Å². The van der Waals surface area contributed by atoms with Crippen molar-refractivity contribution in [3.8, 4) is 16.9 Å². The summed E-state index contributed by atoms with van der Waals surface area (Å²) in [5.74, 6) is -0.258. The first kappa shape index (κ1) is 21.3. The van der Waals surface area contributed by atoms with Gasteiger partial charge in [0.1, 0.15) is 11.6 Å². The van der Waals surface area contributed by atoms with E-state index in [0.29, 0.717) is 22.4 Å². The maximum absolute atomic E-state index is 14.2. The number of anilines is 2. The van der Waals surface area contributed by atoms with Crippen LogP contribution in [-0.2, 0) is 10.0 Å². The van der Waals surface area contributed by atoms with Gasteiger partial charge < -0.3 is 10.1 Å². The number of carbonyl (C=O) groups excluding carboxylic acids is 1. The molecule has 6 nitrogen and oxygen atoms in total. The average molecular weight is 428 g/mol. The Balaban J connectivity index is 2.04. The van der Waals surface area contributed by atoms with Crippen molar-refractivity contribution < 1.29 is 22.3 Å². The number of carbonyl (C=O) groups is 1. The number of rotatable bonds is 6. The van der Waals surface area contributed by atoms with E-state index in [0.717, 1.165) is 10.6 Å². The van der Waals surface area contributed by atoms with Crippen LogP contribution in [0.5, 0.6) is 5.75 Å². The summed E-state index contributed by atoms with van der Waals surface area (Å²) in [4.78, 5) is 12.8. The molecule has 3 aromatic carbocycles. The van der Waals surface area contributed by atoms with Gasteiger partial charge in [-0.3, -0.25) is 9.10 Å². The van der Waals surface area contributed by atoms with Crippen molar-refractivity contribution in [2.75, 3.05) is 30.0 Å².